The van der Waals surface area contributed by atoms with Crippen LogP contribution in [0.25, 0.3) is 0 Å². The van der Waals surface area contributed by atoms with Crippen molar-refractivity contribution in [3.63, 3.8) is 0 Å². The van der Waals surface area contributed by atoms with E-state index in [9.17, 15) is 4.79 Å². The SMILES string of the molecule is O=C(NCC1(c2cccc(Br)c2)CCC1)c1cccnc1N1CCCC1. The molecule has 1 saturated heterocycles. The highest BCUT2D eigenvalue weighted by atomic mass is 79.9. The summed E-state index contributed by atoms with van der Waals surface area (Å²) in [6.07, 6.45) is 7.58. The first-order valence-corrected chi connectivity index (χ1v) is 10.2. The second kappa shape index (κ2) is 7.39. The van der Waals surface area contributed by atoms with Crippen molar-refractivity contribution in [2.24, 2.45) is 0 Å². The van der Waals surface area contributed by atoms with Gasteiger partial charge in [0.1, 0.15) is 5.82 Å². The minimum atomic E-state index is -0.0127. The highest BCUT2D eigenvalue weighted by Gasteiger charge is 2.39. The lowest BCUT2D eigenvalue weighted by Crippen LogP contribution is -2.45. The number of pyridine rings is 1. The van der Waals surface area contributed by atoms with Gasteiger partial charge in [-0.15, -0.1) is 0 Å². The molecule has 26 heavy (non-hydrogen) atoms. The summed E-state index contributed by atoms with van der Waals surface area (Å²) in [6, 6.07) is 12.2. The van der Waals surface area contributed by atoms with Crippen molar-refractivity contribution in [1.82, 2.24) is 10.3 Å². The van der Waals surface area contributed by atoms with Crippen molar-refractivity contribution < 1.29 is 4.79 Å². The second-order valence-electron chi connectivity index (χ2n) is 7.40. The highest BCUT2D eigenvalue weighted by molar-refractivity contribution is 9.10. The van der Waals surface area contributed by atoms with E-state index in [1.807, 2.05) is 18.2 Å². The molecule has 2 fully saturated rings. The van der Waals surface area contributed by atoms with Crippen LogP contribution >= 0.6 is 15.9 Å². The van der Waals surface area contributed by atoms with Crippen LogP contribution in [0.3, 0.4) is 0 Å². The Morgan fingerprint density at radius 3 is 2.65 bits per heavy atom. The average molecular weight is 414 g/mol. The van der Waals surface area contributed by atoms with Gasteiger partial charge in [-0.25, -0.2) is 4.98 Å². The molecule has 1 aliphatic heterocycles. The molecule has 5 heteroatoms. The van der Waals surface area contributed by atoms with Gasteiger partial charge in [-0.3, -0.25) is 4.79 Å². The summed E-state index contributed by atoms with van der Waals surface area (Å²) in [6.45, 7) is 2.65. The maximum atomic E-state index is 12.9. The van der Waals surface area contributed by atoms with Crippen LogP contribution in [0.15, 0.2) is 47.1 Å². The van der Waals surface area contributed by atoms with Gasteiger partial charge in [-0.1, -0.05) is 34.5 Å². The molecular formula is C21H24BrN3O. The third kappa shape index (κ3) is 3.37. The molecule has 0 bridgehead atoms. The Morgan fingerprint density at radius 2 is 1.96 bits per heavy atom. The number of halogens is 1. The number of anilines is 1. The molecule has 0 unspecified atom stereocenters. The number of rotatable bonds is 5. The minimum absolute atomic E-state index is 0.0127. The molecule has 4 nitrogen and oxygen atoms in total. The zero-order valence-corrected chi connectivity index (χ0v) is 16.5. The van der Waals surface area contributed by atoms with E-state index in [1.54, 1.807) is 6.20 Å². The van der Waals surface area contributed by atoms with Gasteiger partial charge in [0, 0.05) is 35.7 Å². The quantitative estimate of drug-likeness (QED) is 0.794. The fourth-order valence-corrected chi connectivity index (χ4v) is 4.49. The summed E-state index contributed by atoms with van der Waals surface area (Å²) in [5.74, 6) is 0.814. The third-order valence-electron chi connectivity index (χ3n) is 5.77. The third-order valence-corrected chi connectivity index (χ3v) is 6.27. The molecule has 4 rings (SSSR count). The second-order valence-corrected chi connectivity index (χ2v) is 8.31. The molecule has 2 aromatic rings. The Kier molecular flexibility index (Phi) is 4.98. The van der Waals surface area contributed by atoms with Crippen LogP contribution in [0.4, 0.5) is 5.82 Å². The molecule has 0 radical (unpaired) electrons. The van der Waals surface area contributed by atoms with Crippen molar-refractivity contribution >= 4 is 27.7 Å². The van der Waals surface area contributed by atoms with E-state index < -0.39 is 0 Å². The van der Waals surface area contributed by atoms with E-state index in [0.717, 1.165) is 36.2 Å². The van der Waals surface area contributed by atoms with E-state index >= 15 is 0 Å². The van der Waals surface area contributed by atoms with Crippen LogP contribution in [0, 0.1) is 0 Å². The smallest absolute Gasteiger partial charge is 0.255 e. The van der Waals surface area contributed by atoms with Gasteiger partial charge in [0.15, 0.2) is 0 Å². The fourth-order valence-electron chi connectivity index (χ4n) is 4.09. The molecule has 0 spiro atoms. The summed E-state index contributed by atoms with van der Waals surface area (Å²) >= 11 is 3.57. The van der Waals surface area contributed by atoms with Gasteiger partial charge in [0.25, 0.3) is 5.91 Å². The monoisotopic (exact) mass is 413 g/mol. The fraction of sp³-hybridized carbons (Fsp3) is 0.429. The Morgan fingerprint density at radius 1 is 1.15 bits per heavy atom. The van der Waals surface area contributed by atoms with E-state index in [4.69, 9.17) is 0 Å². The first kappa shape index (κ1) is 17.5. The van der Waals surface area contributed by atoms with Crippen molar-refractivity contribution in [3.05, 3.63) is 58.2 Å². The first-order valence-electron chi connectivity index (χ1n) is 9.42. The van der Waals surface area contributed by atoms with Gasteiger partial charge in [-0.05, 0) is 55.5 Å². The average Bonchev–Trinajstić information content (AvgIpc) is 3.15. The van der Waals surface area contributed by atoms with Crippen LogP contribution < -0.4 is 10.2 Å². The standard InChI is InChI=1S/C21H24BrN3O/c22-17-7-3-6-16(14-17)21(9-5-10-21)15-24-20(26)18-8-4-11-23-19(18)25-12-1-2-13-25/h3-4,6-8,11,14H,1-2,5,9-10,12-13,15H2,(H,24,26). The first-order chi connectivity index (χ1) is 12.7. The number of carbonyl (C=O) groups is 1. The molecule has 1 N–H and O–H groups in total. The summed E-state index contributed by atoms with van der Waals surface area (Å²) in [7, 11) is 0. The lowest BCUT2D eigenvalue weighted by atomic mass is 9.64. The number of hydrogen-bond acceptors (Lipinski definition) is 3. The van der Waals surface area contributed by atoms with E-state index in [1.165, 1.54) is 24.8 Å². The zero-order valence-electron chi connectivity index (χ0n) is 14.9. The molecule has 1 aromatic heterocycles. The largest absolute Gasteiger partial charge is 0.356 e. The van der Waals surface area contributed by atoms with E-state index in [-0.39, 0.29) is 11.3 Å². The Hall–Kier alpha value is -1.88. The molecule has 2 aliphatic rings. The molecule has 2 heterocycles. The predicted octanol–water partition coefficient (Wildman–Crippen LogP) is 4.30. The normalized spacial score (nSPS) is 18.4. The predicted molar refractivity (Wildman–Crippen MR) is 108 cm³/mol. The van der Waals surface area contributed by atoms with Gasteiger partial charge in [0.2, 0.25) is 0 Å². The molecule has 1 amide bonds. The van der Waals surface area contributed by atoms with Crippen molar-refractivity contribution in [3.8, 4) is 0 Å². The molecule has 1 aromatic carbocycles. The molecule has 1 aliphatic carbocycles. The topological polar surface area (TPSA) is 45.2 Å². The van der Waals surface area contributed by atoms with Gasteiger partial charge in [0.05, 0.1) is 5.56 Å². The van der Waals surface area contributed by atoms with Crippen LogP contribution in [0.1, 0.15) is 48.0 Å². The number of hydrogen-bond donors (Lipinski definition) is 1. The summed E-state index contributed by atoms with van der Waals surface area (Å²) in [4.78, 5) is 19.6. The van der Waals surface area contributed by atoms with Crippen LogP contribution in [-0.4, -0.2) is 30.5 Å². The van der Waals surface area contributed by atoms with Crippen LogP contribution in [0.5, 0.6) is 0 Å². The van der Waals surface area contributed by atoms with Gasteiger partial charge >= 0.3 is 0 Å². The number of aromatic nitrogens is 1. The lowest BCUT2D eigenvalue weighted by molar-refractivity contribution is 0.0928. The van der Waals surface area contributed by atoms with Crippen molar-refractivity contribution in [2.75, 3.05) is 24.5 Å². The van der Waals surface area contributed by atoms with E-state index in [2.05, 4.69) is 49.3 Å². The van der Waals surface area contributed by atoms with Gasteiger partial charge in [-0.2, -0.15) is 0 Å². The zero-order chi connectivity index (χ0) is 18.0. The van der Waals surface area contributed by atoms with Crippen LogP contribution in [0.2, 0.25) is 0 Å². The molecular weight excluding hydrogens is 390 g/mol. The number of nitrogens with zero attached hydrogens (tertiary/aromatic N) is 2. The number of benzene rings is 1. The number of carbonyl (C=O) groups excluding carboxylic acids is 1. The Balaban J connectivity index is 1.50. The summed E-state index contributed by atoms with van der Waals surface area (Å²) in [5.41, 5.74) is 2.07. The summed E-state index contributed by atoms with van der Waals surface area (Å²) < 4.78 is 1.09. The minimum Gasteiger partial charge on any atom is -0.356 e. The van der Waals surface area contributed by atoms with Crippen molar-refractivity contribution in [2.45, 2.75) is 37.5 Å². The number of amides is 1. The van der Waals surface area contributed by atoms with Crippen molar-refractivity contribution in [1.29, 1.82) is 0 Å². The molecule has 136 valence electrons. The summed E-state index contributed by atoms with van der Waals surface area (Å²) in [5, 5.41) is 3.20. The Bertz CT molecular complexity index is 797. The molecule has 0 atom stereocenters. The van der Waals surface area contributed by atoms with E-state index in [0.29, 0.717) is 12.1 Å². The number of nitrogens with one attached hydrogen (secondary N) is 1. The van der Waals surface area contributed by atoms with Gasteiger partial charge < -0.3 is 10.2 Å². The lowest BCUT2D eigenvalue weighted by Gasteiger charge is -2.42. The van der Waals surface area contributed by atoms with Crippen LogP contribution in [-0.2, 0) is 5.41 Å². The maximum absolute atomic E-state index is 12.9. The molecule has 1 saturated carbocycles. The highest BCUT2D eigenvalue weighted by Crippen LogP contribution is 2.43. The maximum Gasteiger partial charge on any atom is 0.255 e. The Labute approximate surface area is 163 Å².